The van der Waals surface area contributed by atoms with Crippen molar-refractivity contribution in [2.24, 2.45) is 0 Å². The zero-order valence-corrected chi connectivity index (χ0v) is 12.1. The van der Waals surface area contributed by atoms with Crippen LogP contribution >= 0.6 is 15.9 Å². The molecule has 0 saturated heterocycles. The van der Waals surface area contributed by atoms with Gasteiger partial charge in [-0.2, -0.15) is 0 Å². The van der Waals surface area contributed by atoms with Crippen LogP contribution in [0.25, 0.3) is 0 Å². The van der Waals surface area contributed by atoms with E-state index in [1.165, 1.54) is 24.3 Å². The third kappa shape index (κ3) is 2.85. The average Bonchev–Trinajstić information content (AvgIpc) is 2.26. The fraction of sp³-hybridized carbons (Fsp3) is 0.200. The third-order valence-electron chi connectivity index (χ3n) is 3.09. The van der Waals surface area contributed by atoms with Crippen molar-refractivity contribution >= 4 is 15.9 Å². The van der Waals surface area contributed by atoms with Crippen LogP contribution in [0.2, 0.25) is 0 Å². The molecule has 19 heavy (non-hydrogen) atoms. The molecule has 2 rings (SSSR count). The van der Waals surface area contributed by atoms with Crippen LogP contribution in [-0.4, -0.2) is 5.11 Å². The second kappa shape index (κ2) is 5.39. The minimum Gasteiger partial charge on any atom is -0.384 e. The van der Waals surface area contributed by atoms with Crippen LogP contribution in [0.5, 0.6) is 0 Å². The van der Waals surface area contributed by atoms with E-state index in [1.807, 2.05) is 0 Å². The smallest absolute Gasteiger partial charge is 0.130 e. The molecule has 2 aromatic rings. The van der Waals surface area contributed by atoms with Crippen LogP contribution in [0.15, 0.2) is 34.8 Å². The number of rotatable bonds is 2. The molecular formula is C15H13BrF2O. The lowest BCUT2D eigenvalue weighted by molar-refractivity contribution is 0.213. The van der Waals surface area contributed by atoms with Crippen LogP contribution in [0.1, 0.15) is 28.4 Å². The number of aliphatic hydroxyl groups excluding tert-OH is 1. The van der Waals surface area contributed by atoms with E-state index in [9.17, 15) is 13.9 Å². The first kappa shape index (κ1) is 14.2. The number of hydrogen-bond acceptors (Lipinski definition) is 1. The molecule has 100 valence electrons. The molecule has 0 radical (unpaired) electrons. The minimum atomic E-state index is -1.10. The molecule has 0 aliphatic heterocycles. The monoisotopic (exact) mass is 326 g/mol. The molecule has 0 bridgehead atoms. The summed E-state index contributed by atoms with van der Waals surface area (Å²) in [5, 5.41) is 10.3. The fourth-order valence-electron chi connectivity index (χ4n) is 2.23. The number of aliphatic hydroxyl groups is 1. The van der Waals surface area contributed by atoms with Crippen molar-refractivity contribution in [2.75, 3.05) is 0 Å². The fourth-order valence-corrected chi connectivity index (χ4v) is 2.57. The van der Waals surface area contributed by atoms with Gasteiger partial charge in [-0.1, -0.05) is 22.0 Å². The van der Waals surface area contributed by atoms with E-state index >= 15 is 0 Å². The van der Waals surface area contributed by atoms with Gasteiger partial charge in [-0.05, 0) is 54.8 Å². The van der Waals surface area contributed by atoms with E-state index in [4.69, 9.17) is 0 Å². The number of hydrogen-bond donors (Lipinski definition) is 1. The summed E-state index contributed by atoms with van der Waals surface area (Å²) < 4.78 is 27.7. The van der Waals surface area contributed by atoms with Gasteiger partial charge in [0.2, 0.25) is 0 Å². The molecule has 0 aromatic heterocycles. The molecule has 1 unspecified atom stereocenters. The van der Waals surface area contributed by atoms with E-state index in [-0.39, 0.29) is 11.4 Å². The predicted molar refractivity (Wildman–Crippen MR) is 74.0 cm³/mol. The highest BCUT2D eigenvalue weighted by atomic mass is 79.9. The Bertz CT molecular complexity index is 603. The summed E-state index contributed by atoms with van der Waals surface area (Å²) in [5.74, 6) is -0.854. The van der Waals surface area contributed by atoms with Gasteiger partial charge in [0.15, 0.2) is 0 Å². The lowest BCUT2D eigenvalue weighted by Crippen LogP contribution is -2.07. The van der Waals surface area contributed by atoms with E-state index in [0.717, 1.165) is 0 Å². The normalized spacial score (nSPS) is 12.5. The van der Waals surface area contributed by atoms with Gasteiger partial charge >= 0.3 is 0 Å². The number of aryl methyl sites for hydroxylation is 2. The summed E-state index contributed by atoms with van der Waals surface area (Å²) in [6.45, 7) is 3.40. The summed E-state index contributed by atoms with van der Waals surface area (Å²) in [4.78, 5) is 0. The number of benzene rings is 2. The Labute approximate surface area is 119 Å². The van der Waals surface area contributed by atoms with Gasteiger partial charge < -0.3 is 5.11 Å². The number of halogens is 3. The van der Waals surface area contributed by atoms with Gasteiger partial charge in [-0.3, -0.25) is 0 Å². The van der Waals surface area contributed by atoms with Gasteiger partial charge in [0.1, 0.15) is 17.7 Å². The van der Waals surface area contributed by atoms with Gasteiger partial charge in [0.25, 0.3) is 0 Å². The first-order valence-electron chi connectivity index (χ1n) is 5.80. The van der Waals surface area contributed by atoms with E-state index < -0.39 is 11.9 Å². The Balaban J connectivity index is 2.53. The standard InChI is InChI=1S/C15H13BrF2O/c1-8-5-11(17)6-9(2)14(8)15(19)12-4-3-10(16)7-13(12)18/h3-7,15,19H,1-2H3. The molecule has 0 spiro atoms. The van der Waals surface area contributed by atoms with Gasteiger partial charge in [-0.25, -0.2) is 8.78 Å². The first-order valence-corrected chi connectivity index (χ1v) is 6.59. The maximum Gasteiger partial charge on any atom is 0.130 e. The average molecular weight is 327 g/mol. The summed E-state index contributed by atoms with van der Waals surface area (Å²) in [5.41, 5.74) is 1.93. The van der Waals surface area contributed by atoms with Crippen molar-refractivity contribution in [3.63, 3.8) is 0 Å². The van der Waals surface area contributed by atoms with Crippen molar-refractivity contribution in [2.45, 2.75) is 20.0 Å². The van der Waals surface area contributed by atoms with E-state index in [2.05, 4.69) is 15.9 Å². The van der Waals surface area contributed by atoms with Crippen LogP contribution in [0, 0.1) is 25.5 Å². The quantitative estimate of drug-likeness (QED) is 0.865. The molecule has 1 nitrogen and oxygen atoms in total. The maximum atomic E-state index is 13.9. The van der Waals surface area contributed by atoms with Crippen LogP contribution in [0.4, 0.5) is 8.78 Å². The molecule has 0 saturated carbocycles. The van der Waals surface area contributed by atoms with Crippen LogP contribution in [0.3, 0.4) is 0 Å². The Morgan fingerprint density at radius 1 is 1.05 bits per heavy atom. The Morgan fingerprint density at radius 3 is 2.16 bits per heavy atom. The first-order chi connectivity index (χ1) is 8.90. The van der Waals surface area contributed by atoms with Crippen molar-refractivity contribution < 1.29 is 13.9 Å². The summed E-state index contributed by atoms with van der Waals surface area (Å²) >= 11 is 3.17. The largest absolute Gasteiger partial charge is 0.384 e. The molecule has 1 N–H and O–H groups in total. The van der Waals surface area contributed by atoms with Gasteiger partial charge in [0, 0.05) is 10.0 Å². The second-order valence-electron chi connectivity index (χ2n) is 4.52. The summed E-state index contributed by atoms with van der Waals surface area (Å²) in [6.07, 6.45) is -1.10. The van der Waals surface area contributed by atoms with Crippen LogP contribution in [-0.2, 0) is 0 Å². The topological polar surface area (TPSA) is 20.2 Å². The Morgan fingerprint density at radius 2 is 1.63 bits per heavy atom. The molecule has 4 heteroatoms. The van der Waals surface area contributed by atoms with Crippen LogP contribution < -0.4 is 0 Å². The SMILES string of the molecule is Cc1cc(F)cc(C)c1C(O)c1ccc(Br)cc1F. The third-order valence-corrected chi connectivity index (χ3v) is 3.58. The summed E-state index contributed by atoms with van der Waals surface area (Å²) in [7, 11) is 0. The highest BCUT2D eigenvalue weighted by Gasteiger charge is 2.19. The Hall–Kier alpha value is -1.26. The predicted octanol–water partition coefficient (Wildman–Crippen LogP) is 4.43. The molecule has 1 atom stereocenters. The molecule has 0 fully saturated rings. The summed E-state index contributed by atoms with van der Waals surface area (Å²) in [6, 6.07) is 7.15. The molecule has 0 heterocycles. The van der Waals surface area contributed by atoms with Crippen molar-refractivity contribution in [3.05, 3.63) is 68.7 Å². The highest BCUT2D eigenvalue weighted by molar-refractivity contribution is 9.10. The maximum absolute atomic E-state index is 13.9. The molecule has 2 aromatic carbocycles. The molecule has 0 aliphatic rings. The Kier molecular flexibility index (Phi) is 4.02. The lowest BCUT2D eigenvalue weighted by Gasteiger charge is -2.18. The molecular weight excluding hydrogens is 314 g/mol. The molecule has 0 amide bonds. The van der Waals surface area contributed by atoms with E-state index in [0.29, 0.717) is 21.2 Å². The van der Waals surface area contributed by atoms with Gasteiger partial charge in [-0.15, -0.1) is 0 Å². The zero-order valence-electron chi connectivity index (χ0n) is 10.5. The van der Waals surface area contributed by atoms with Gasteiger partial charge in [0.05, 0.1) is 0 Å². The lowest BCUT2D eigenvalue weighted by atomic mass is 9.93. The highest BCUT2D eigenvalue weighted by Crippen LogP contribution is 2.31. The second-order valence-corrected chi connectivity index (χ2v) is 5.44. The van der Waals surface area contributed by atoms with Crippen molar-refractivity contribution in [1.82, 2.24) is 0 Å². The van der Waals surface area contributed by atoms with E-state index in [1.54, 1.807) is 19.9 Å². The zero-order chi connectivity index (χ0) is 14.2. The minimum absolute atomic E-state index is 0.181. The van der Waals surface area contributed by atoms with Crippen molar-refractivity contribution in [1.29, 1.82) is 0 Å². The molecule has 0 aliphatic carbocycles. The van der Waals surface area contributed by atoms with Crippen molar-refractivity contribution in [3.8, 4) is 0 Å².